The molecule has 1 radical (unpaired) electrons. The van der Waals surface area contributed by atoms with Crippen LogP contribution in [0.15, 0.2) is 12.1 Å². The first-order chi connectivity index (χ1) is 13.2. The molecular formula is C27H47. The van der Waals surface area contributed by atoms with Gasteiger partial charge < -0.3 is 0 Å². The van der Waals surface area contributed by atoms with Crippen LogP contribution in [0.1, 0.15) is 132 Å². The molecule has 1 rings (SSSR count). The standard InChI is InChI=1S/C27H47/c1-5-6-7-8-9-10-11-12-13-14-15-16-17-18-19-20-21-27-25(3)23-22-24(2)26(27)4/h22-23H,3,5-21H2,1-2,4H3. The van der Waals surface area contributed by atoms with Crippen LogP contribution in [0.5, 0.6) is 0 Å². The van der Waals surface area contributed by atoms with Crippen molar-refractivity contribution < 1.29 is 0 Å². The molecule has 1 aromatic carbocycles. The van der Waals surface area contributed by atoms with Crippen molar-refractivity contribution >= 4 is 0 Å². The van der Waals surface area contributed by atoms with Gasteiger partial charge in [-0.3, -0.25) is 0 Å². The Kier molecular flexibility index (Phi) is 14.6. The minimum Gasteiger partial charge on any atom is -0.0654 e. The summed E-state index contributed by atoms with van der Waals surface area (Å²) in [7, 11) is 0. The fourth-order valence-corrected chi connectivity index (χ4v) is 4.13. The lowest BCUT2D eigenvalue weighted by atomic mass is 9.94. The van der Waals surface area contributed by atoms with Crippen LogP contribution in [-0.4, -0.2) is 0 Å². The first-order valence-electron chi connectivity index (χ1n) is 12.1. The molecule has 27 heavy (non-hydrogen) atoms. The van der Waals surface area contributed by atoms with E-state index < -0.39 is 0 Å². The molecule has 0 fully saturated rings. The monoisotopic (exact) mass is 371 g/mol. The highest BCUT2D eigenvalue weighted by Gasteiger charge is 2.04. The average Bonchev–Trinajstić information content (AvgIpc) is 2.67. The van der Waals surface area contributed by atoms with Gasteiger partial charge in [0.2, 0.25) is 0 Å². The van der Waals surface area contributed by atoms with Crippen molar-refractivity contribution in [3.63, 3.8) is 0 Å². The van der Waals surface area contributed by atoms with Crippen LogP contribution in [0, 0.1) is 20.8 Å². The topological polar surface area (TPSA) is 0 Å². The first-order valence-corrected chi connectivity index (χ1v) is 12.1. The highest BCUT2D eigenvalue weighted by Crippen LogP contribution is 2.20. The lowest BCUT2D eigenvalue weighted by Crippen LogP contribution is -1.96. The maximum absolute atomic E-state index is 4.21. The molecule has 0 aliphatic carbocycles. The molecule has 0 unspecified atom stereocenters. The Labute approximate surface area is 171 Å². The zero-order valence-electron chi connectivity index (χ0n) is 18.9. The predicted molar refractivity (Wildman–Crippen MR) is 124 cm³/mol. The van der Waals surface area contributed by atoms with Gasteiger partial charge in [0.1, 0.15) is 0 Å². The van der Waals surface area contributed by atoms with E-state index in [2.05, 4.69) is 39.8 Å². The second-order valence-corrected chi connectivity index (χ2v) is 8.70. The van der Waals surface area contributed by atoms with Gasteiger partial charge in [0, 0.05) is 0 Å². The van der Waals surface area contributed by atoms with Gasteiger partial charge in [-0.2, -0.15) is 0 Å². The third-order valence-electron chi connectivity index (χ3n) is 6.25. The first kappa shape index (κ1) is 24.3. The van der Waals surface area contributed by atoms with Crippen molar-refractivity contribution in [3.8, 4) is 0 Å². The molecule has 0 atom stereocenters. The molecule has 0 heterocycles. The molecule has 0 saturated heterocycles. The van der Waals surface area contributed by atoms with Crippen LogP contribution >= 0.6 is 0 Å². The number of benzene rings is 1. The highest BCUT2D eigenvalue weighted by atomic mass is 14.1. The molecule has 0 amide bonds. The Hall–Kier alpha value is -0.780. The van der Waals surface area contributed by atoms with E-state index in [4.69, 9.17) is 0 Å². The van der Waals surface area contributed by atoms with Crippen molar-refractivity contribution in [1.29, 1.82) is 0 Å². The van der Waals surface area contributed by atoms with Crippen molar-refractivity contribution in [2.45, 2.75) is 130 Å². The van der Waals surface area contributed by atoms with Gasteiger partial charge in [-0.1, -0.05) is 115 Å². The minimum atomic E-state index is 1.21. The maximum atomic E-state index is 4.21. The number of hydrogen-bond donors (Lipinski definition) is 0. The summed E-state index contributed by atoms with van der Waals surface area (Å²) in [5.41, 5.74) is 5.61. The lowest BCUT2D eigenvalue weighted by Gasteiger charge is -2.12. The maximum Gasteiger partial charge on any atom is -0.0235 e. The summed E-state index contributed by atoms with van der Waals surface area (Å²) in [5, 5.41) is 0. The van der Waals surface area contributed by atoms with Crippen LogP contribution < -0.4 is 0 Å². The van der Waals surface area contributed by atoms with Crippen LogP contribution in [0.4, 0.5) is 0 Å². The Morgan fingerprint density at radius 3 is 1.44 bits per heavy atom. The van der Waals surface area contributed by atoms with Crippen molar-refractivity contribution in [1.82, 2.24) is 0 Å². The van der Waals surface area contributed by atoms with E-state index in [9.17, 15) is 0 Å². The molecule has 155 valence electrons. The molecule has 0 aromatic heterocycles. The van der Waals surface area contributed by atoms with Crippen LogP contribution in [0.2, 0.25) is 0 Å². The van der Waals surface area contributed by atoms with Crippen LogP contribution in [0.25, 0.3) is 0 Å². The minimum absolute atomic E-state index is 1.21. The summed E-state index contributed by atoms with van der Waals surface area (Å²) < 4.78 is 0. The zero-order valence-corrected chi connectivity index (χ0v) is 18.9. The summed E-state index contributed by atoms with van der Waals surface area (Å²) in [6, 6.07) is 4.39. The van der Waals surface area contributed by atoms with E-state index in [1.54, 1.807) is 0 Å². The highest BCUT2D eigenvalue weighted by molar-refractivity contribution is 5.41. The van der Waals surface area contributed by atoms with Gasteiger partial charge in [0.25, 0.3) is 0 Å². The third-order valence-corrected chi connectivity index (χ3v) is 6.25. The number of rotatable bonds is 17. The Balaban J connectivity index is 1.87. The Bertz CT molecular complexity index is 471. The van der Waals surface area contributed by atoms with E-state index in [-0.39, 0.29) is 0 Å². The van der Waals surface area contributed by atoms with Gasteiger partial charge in [0.05, 0.1) is 0 Å². The van der Waals surface area contributed by atoms with Gasteiger partial charge >= 0.3 is 0 Å². The molecular weight excluding hydrogens is 324 g/mol. The van der Waals surface area contributed by atoms with Gasteiger partial charge in [0.15, 0.2) is 0 Å². The normalized spacial score (nSPS) is 11.3. The molecule has 0 nitrogen and oxygen atoms in total. The second kappa shape index (κ2) is 16.2. The van der Waals surface area contributed by atoms with Crippen molar-refractivity contribution in [2.75, 3.05) is 0 Å². The third kappa shape index (κ3) is 11.6. The van der Waals surface area contributed by atoms with Crippen molar-refractivity contribution in [2.24, 2.45) is 0 Å². The molecule has 0 heteroatoms. The van der Waals surface area contributed by atoms with Gasteiger partial charge in [-0.15, -0.1) is 0 Å². The fourth-order valence-electron chi connectivity index (χ4n) is 4.13. The predicted octanol–water partition coefficient (Wildman–Crippen LogP) is 9.29. The fraction of sp³-hybridized carbons (Fsp3) is 0.741. The molecule has 0 aliphatic rings. The summed E-state index contributed by atoms with van der Waals surface area (Å²) in [6.45, 7) is 11.0. The van der Waals surface area contributed by atoms with E-state index in [1.807, 2.05) is 0 Å². The summed E-state index contributed by atoms with van der Waals surface area (Å²) in [4.78, 5) is 0. The molecule has 0 N–H and O–H groups in total. The Morgan fingerprint density at radius 1 is 0.593 bits per heavy atom. The quantitative estimate of drug-likeness (QED) is 0.239. The molecule has 0 spiro atoms. The summed E-state index contributed by atoms with van der Waals surface area (Å²) in [6.07, 6.45) is 24.2. The van der Waals surface area contributed by atoms with Crippen LogP contribution in [-0.2, 0) is 6.42 Å². The largest absolute Gasteiger partial charge is 0.0654 e. The number of hydrogen-bond acceptors (Lipinski definition) is 0. The summed E-state index contributed by atoms with van der Waals surface area (Å²) >= 11 is 0. The Morgan fingerprint density at radius 2 is 1.00 bits per heavy atom. The van der Waals surface area contributed by atoms with Crippen molar-refractivity contribution in [3.05, 3.63) is 41.3 Å². The number of aryl methyl sites for hydroxylation is 1. The van der Waals surface area contributed by atoms with E-state index in [0.29, 0.717) is 0 Å². The second-order valence-electron chi connectivity index (χ2n) is 8.70. The summed E-state index contributed by atoms with van der Waals surface area (Å²) in [5.74, 6) is 0. The van der Waals surface area contributed by atoms with E-state index >= 15 is 0 Å². The van der Waals surface area contributed by atoms with Crippen LogP contribution in [0.3, 0.4) is 0 Å². The lowest BCUT2D eigenvalue weighted by molar-refractivity contribution is 0.529. The SMILES string of the molecule is [CH2]c1ccc(C)c(C)c1CCCCCCCCCCCCCCCCCC. The van der Waals surface area contributed by atoms with E-state index in [0.717, 1.165) is 0 Å². The smallest absolute Gasteiger partial charge is 0.0235 e. The molecule has 0 bridgehead atoms. The molecule has 0 aliphatic heterocycles. The number of unbranched alkanes of at least 4 members (excludes halogenated alkanes) is 15. The zero-order chi connectivity index (χ0) is 19.7. The average molecular weight is 372 g/mol. The van der Waals surface area contributed by atoms with Gasteiger partial charge in [-0.25, -0.2) is 0 Å². The van der Waals surface area contributed by atoms with E-state index in [1.165, 1.54) is 131 Å². The molecule has 0 saturated carbocycles. The van der Waals surface area contributed by atoms with Gasteiger partial charge in [-0.05, 0) is 55.9 Å². The molecule has 1 aromatic rings.